The molecule has 2 saturated carbocycles. The van der Waals surface area contributed by atoms with E-state index in [1.54, 1.807) is 12.4 Å². The first-order chi connectivity index (χ1) is 8.97. The summed E-state index contributed by atoms with van der Waals surface area (Å²) < 4.78 is 6.13. The Morgan fingerprint density at radius 1 is 1.32 bits per heavy atom. The van der Waals surface area contributed by atoms with E-state index in [-0.39, 0.29) is 11.5 Å². The summed E-state index contributed by atoms with van der Waals surface area (Å²) in [4.78, 5) is 8.56. The quantitative estimate of drug-likeness (QED) is 0.908. The van der Waals surface area contributed by atoms with Gasteiger partial charge in [0.1, 0.15) is 6.10 Å². The Balaban J connectivity index is 1.78. The van der Waals surface area contributed by atoms with Gasteiger partial charge in [0.05, 0.1) is 18.1 Å². The summed E-state index contributed by atoms with van der Waals surface area (Å²) in [5.74, 6) is 1.41. The van der Waals surface area contributed by atoms with Gasteiger partial charge in [-0.25, -0.2) is 4.98 Å². The molecule has 4 nitrogen and oxygen atoms in total. The second kappa shape index (κ2) is 4.17. The molecule has 2 bridgehead atoms. The molecule has 0 radical (unpaired) electrons. The Hall–Kier alpha value is -1.16. The molecule has 1 aromatic heterocycles. The fourth-order valence-electron chi connectivity index (χ4n) is 3.96. The van der Waals surface area contributed by atoms with Crippen molar-refractivity contribution in [3.05, 3.63) is 18.1 Å². The molecular weight excluding hydrogens is 238 g/mol. The Kier molecular flexibility index (Phi) is 2.82. The first-order valence-electron chi connectivity index (χ1n) is 7.15. The smallest absolute Gasteiger partial charge is 0.232 e. The molecule has 3 rings (SSSR count). The van der Waals surface area contributed by atoms with Gasteiger partial charge >= 0.3 is 0 Å². The van der Waals surface area contributed by atoms with Crippen LogP contribution < -0.4 is 10.5 Å². The average Bonchev–Trinajstić information content (AvgIpc) is 2.73. The number of rotatable bonds is 3. The Morgan fingerprint density at radius 2 is 2.11 bits per heavy atom. The molecule has 4 heteroatoms. The highest BCUT2D eigenvalue weighted by atomic mass is 16.5. The SMILES string of the molecule is CC1(C)C2CCC1(C)C(Oc1cnc(CN)cn1)C2. The van der Waals surface area contributed by atoms with Gasteiger partial charge in [-0.1, -0.05) is 20.8 Å². The predicted molar refractivity (Wildman–Crippen MR) is 73.6 cm³/mol. The van der Waals surface area contributed by atoms with Crippen LogP contribution in [0.25, 0.3) is 0 Å². The fourth-order valence-corrected chi connectivity index (χ4v) is 3.96. The van der Waals surface area contributed by atoms with Crippen molar-refractivity contribution < 1.29 is 4.74 Å². The number of fused-ring (bicyclic) bond motifs is 2. The van der Waals surface area contributed by atoms with Gasteiger partial charge in [0.2, 0.25) is 5.88 Å². The number of ether oxygens (including phenoxy) is 1. The maximum absolute atomic E-state index is 6.13. The first kappa shape index (κ1) is 12.9. The molecule has 1 aromatic rings. The highest BCUT2D eigenvalue weighted by molar-refractivity contribution is 5.15. The van der Waals surface area contributed by atoms with Crippen molar-refractivity contribution in [1.82, 2.24) is 9.97 Å². The van der Waals surface area contributed by atoms with Crippen LogP contribution >= 0.6 is 0 Å². The molecule has 3 atom stereocenters. The zero-order valence-corrected chi connectivity index (χ0v) is 12.0. The number of nitrogens with two attached hydrogens (primary N) is 1. The van der Waals surface area contributed by atoms with Crippen molar-refractivity contribution in [2.75, 3.05) is 0 Å². The van der Waals surface area contributed by atoms with Gasteiger partial charge < -0.3 is 10.5 Å². The molecule has 1 heterocycles. The number of hydrogen-bond donors (Lipinski definition) is 1. The molecule has 0 spiro atoms. The summed E-state index contributed by atoms with van der Waals surface area (Å²) >= 11 is 0. The number of aromatic nitrogens is 2. The molecule has 0 saturated heterocycles. The molecule has 2 N–H and O–H groups in total. The third-order valence-corrected chi connectivity index (χ3v) is 5.87. The highest BCUT2D eigenvalue weighted by Crippen LogP contribution is 2.66. The zero-order chi connectivity index (χ0) is 13.7. The van der Waals surface area contributed by atoms with Crippen LogP contribution in [0.15, 0.2) is 12.4 Å². The van der Waals surface area contributed by atoms with Gasteiger partial charge in [0, 0.05) is 12.0 Å². The van der Waals surface area contributed by atoms with E-state index in [1.807, 2.05) is 0 Å². The van der Waals surface area contributed by atoms with E-state index in [0.717, 1.165) is 18.0 Å². The van der Waals surface area contributed by atoms with Gasteiger partial charge in [-0.3, -0.25) is 4.98 Å². The van der Waals surface area contributed by atoms with Gasteiger partial charge in [-0.2, -0.15) is 0 Å². The van der Waals surface area contributed by atoms with E-state index >= 15 is 0 Å². The minimum Gasteiger partial charge on any atom is -0.473 e. The lowest BCUT2D eigenvalue weighted by atomic mass is 9.70. The van der Waals surface area contributed by atoms with E-state index in [4.69, 9.17) is 10.5 Å². The lowest BCUT2D eigenvalue weighted by molar-refractivity contribution is 0.0270. The van der Waals surface area contributed by atoms with Gasteiger partial charge in [0.15, 0.2) is 0 Å². The predicted octanol–water partition coefficient (Wildman–Crippen LogP) is 2.53. The summed E-state index contributed by atoms with van der Waals surface area (Å²) in [5, 5.41) is 0. The third kappa shape index (κ3) is 1.76. The molecule has 104 valence electrons. The maximum atomic E-state index is 6.13. The first-order valence-corrected chi connectivity index (χ1v) is 7.15. The average molecular weight is 261 g/mol. The lowest BCUT2D eigenvalue weighted by Gasteiger charge is -2.38. The van der Waals surface area contributed by atoms with E-state index in [2.05, 4.69) is 30.7 Å². The van der Waals surface area contributed by atoms with Crippen LogP contribution in [-0.4, -0.2) is 16.1 Å². The molecule has 0 amide bonds. The molecule has 2 aliphatic rings. The molecule has 19 heavy (non-hydrogen) atoms. The summed E-state index contributed by atoms with van der Waals surface area (Å²) in [5.41, 5.74) is 6.94. The normalized spacial score (nSPS) is 35.6. The van der Waals surface area contributed by atoms with Crippen LogP contribution in [0.1, 0.15) is 45.7 Å². The summed E-state index contributed by atoms with van der Waals surface area (Å²) in [6, 6.07) is 0. The lowest BCUT2D eigenvalue weighted by Crippen LogP contribution is -2.39. The Morgan fingerprint density at radius 3 is 2.58 bits per heavy atom. The van der Waals surface area contributed by atoms with Gasteiger partial charge in [0.25, 0.3) is 0 Å². The molecular formula is C15H23N3O. The zero-order valence-electron chi connectivity index (χ0n) is 12.0. The summed E-state index contributed by atoms with van der Waals surface area (Å²) in [6.07, 6.45) is 7.40. The molecule has 2 fully saturated rings. The number of nitrogens with zero attached hydrogens (tertiary/aromatic N) is 2. The third-order valence-electron chi connectivity index (χ3n) is 5.87. The van der Waals surface area contributed by atoms with Crippen LogP contribution in [-0.2, 0) is 6.54 Å². The highest BCUT2D eigenvalue weighted by Gasteiger charge is 2.62. The van der Waals surface area contributed by atoms with Crippen LogP contribution in [0.2, 0.25) is 0 Å². The second-order valence-corrected chi connectivity index (χ2v) is 6.77. The summed E-state index contributed by atoms with van der Waals surface area (Å²) in [6.45, 7) is 7.56. The minimum atomic E-state index is 0.256. The van der Waals surface area contributed by atoms with Crippen molar-refractivity contribution in [2.24, 2.45) is 22.5 Å². The van der Waals surface area contributed by atoms with Crippen molar-refractivity contribution in [2.45, 2.75) is 52.7 Å². The fraction of sp³-hybridized carbons (Fsp3) is 0.733. The van der Waals surface area contributed by atoms with Gasteiger partial charge in [-0.15, -0.1) is 0 Å². The van der Waals surface area contributed by atoms with Crippen molar-refractivity contribution >= 4 is 0 Å². The Labute approximate surface area is 114 Å². The van der Waals surface area contributed by atoms with Crippen molar-refractivity contribution in [3.8, 4) is 5.88 Å². The second-order valence-electron chi connectivity index (χ2n) is 6.77. The van der Waals surface area contributed by atoms with E-state index in [9.17, 15) is 0 Å². The maximum Gasteiger partial charge on any atom is 0.232 e. The minimum absolute atomic E-state index is 0.256. The van der Waals surface area contributed by atoms with Crippen LogP contribution in [0.5, 0.6) is 5.88 Å². The van der Waals surface area contributed by atoms with Crippen molar-refractivity contribution in [1.29, 1.82) is 0 Å². The Bertz CT molecular complexity index is 471. The van der Waals surface area contributed by atoms with E-state index < -0.39 is 0 Å². The largest absolute Gasteiger partial charge is 0.473 e. The van der Waals surface area contributed by atoms with Crippen LogP contribution in [0, 0.1) is 16.7 Å². The monoisotopic (exact) mass is 261 g/mol. The van der Waals surface area contributed by atoms with E-state index in [1.165, 1.54) is 12.8 Å². The van der Waals surface area contributed by atoms with Gasteiger partial charge in [-0.05, 0) is 30.6 Å². The number of hydrogen-bond acceptors (Lipinski definition) is 4. The van der Waals surface area contributed by atoms with Crippen LogP contribution in [0.4, 0.5) is 0 Å². The van der Waals surface area contributed by atoms with E-state index in [0.29, 0.717) is 17.8 Å². The standard InChI is InChI=1S/C15H23N3O/c1-14(2)10-4-5-15(14,3)12(6-10)19-13-9-17-11(7-16)8-18-13/h8-10,12H,4-7,16H2,1-3H3. The molecule has 3 unspecified atom stereocenters. The van der Waals surface area contributed by atoms with Crippen molar-refractivity contribution in [3.63, 3.8) is 0 Å². The molecule has 0 aromatic carbocycles. The topological polar surface area (TPSA) is 61.0 Å². The molecule has 2 aliphatic carbocycles. The molecule has 0 aliphatic heterocycles. The summed E-state index contributed by atoms with van der Waals surface area (Å²) in [7, 11) is 0. The van der Waals surface area contributed by atoms with Crippen LogP contribution in [0.3, 0.4) is 0 Å².